The standard InChI is InChI=1S/C18H17FN2O2S/c1-2-9-20-18(24)16(21-10-3-4-13(11-21)12-22)17(23)14-5-7-15(19)8-6-14/h2-8,10-11,22H,1,9,12H2,(H-,20,23,24). The highest BCUT2D eigenvalue weighted by Gasteiger charge is 2.18. The molecule has 0 spiro atoms. The molecule has 0 radical (unpaired) electrons. The molecule has 4 nitrogen and oxygen atoms in total. The third kappa shape index (κ3) is 4.24. The molecular weight excluding hydrogens is 327 g/mol. The van der Waals surface area contributed by atoms with Gasteiger partial charge in [-0.05, 0) is 29.5 Å². The fraction of sp³-hybridized carbons (Fsp3) is 0.111. The number of rotatable bonds is 6. The lowest BCUT2D eigenvalue weighted by Crippen LogP contribution is -2.42. The SMILES string of the molecule is C=CCNC(=S)/C(=C(\[O-])c1ccc(F)cc1)[n+]1cccc(CO)c1. The first kappa shape index (κ1) is 17.8. The first-order valence-electron chi connectivity index (χ1n) is 7.24. The van der Waals surface area contributed by atoms with Gasteiger partial charge in [0, 0.05) is 18.2 Å². The van der Waals surface area contributed by atoms with Crippen molar-refractivity contribution in [3.8, 4) is 0 Å². The van der Waals surface area contributed by atoms with Gasteiger partial charge in [0.15, 0.2) is 17.4 Å². The van der Waals surface area contributed by atoms with Gasteiger partial charge in [-0.15, -0.1) is 6.58 Å². The van der Waals surface area contributed by atoms with E-state index in [4.69, 9.17) is 12.2 Å². The van der Waals surface area contributed by atoms with Crippen LogP contribution in [0.1, 0.15) is 11.1 Å². The number of thiocarbonyl (C=S) groups is 1. The maximum absolute atomic E-state index is 13.1. The van der Waals surface area contributed by atoms with Crippen LogP contribution in [0, 0.1) is 5.82 Å². The predicted octanol–water partition coefficient (Wildman–Crippen LogP) is 1.39. The van der Waals surface area contributed by atoms with Gasteiger partial charge in [-0.25, -0.2) is 4.39 Å². The lowest BCUT2D eigenvalue weighted by atomic mass is 10.1. The van der Waals surface area contributed by atoms with Crippen LogP contribution in [0.2, 0.25) is 0 Å². The zero-order valence-corrected chi connectivity index (χ0v) is 13.7. The van der Waals surface area contributed by atoms with E-state index in [1.165, 1.54) is 24.3 Å². The highest BCUT2D eigenvalue weighted by molar-refractivity contribution is 7.81. The van der Waals surface area contributed by atoms with Gasteiger partial charge in [0.25, 0.3) is 0 Å². The predicted molar refractivity (Wildman–Crippen MR) is 92.9 cm³/mol. The van der Waals surface area contributed by atoms with E-state index >= 15 is 0 Å². The van der Waals surface area contributed by atoms with Gasteiger partial charge in [-0.3, -0.25) is 0 Å². The smallest absolute Gasteiger partial charge is 0.237 e. The van der Waals surface area contributed by atoms with Crippen LogP contribution in [0.15, 0.2) is 61.4 Å². The Morgan fingerprint density at radius 3 is 2.67 bits per heavy atom. The Kier molecular flexibility index (Phi) is 6.17. The third-order valence-electron chi connectivity index (χ3n) is 3.25. The van der Waals surface area contributed by atoms with Crippen molar-refractivity contribution in [2.24, 2.45) is 0 Å². The molecule has 0 saturated carbocycles. The molecule has 0 unspecified atom stereocenters. The van der Waals surface area contributed by atoms with Crippen LogP contribution < -0.4 is 15.0 Å². The number of hydrogen-bond acceptors (Lipinski definition) is 3. The fourth-order valence-corrected chi connectivity index (χ4v) is 2.36. The van der Waals surface area contributed by atoms with Crippen molar-refractivity contribution in [3.63, 3.8) is 0 Å². The van der Waals surface area contributed by atoms with Crippen LogP contribution in [0.25, 0.3) is 11.5 Å². The summed E-state index contributed by atoms with van der Waals surface area (Å²) in [7, 11) is 0. The molecule has 24 heavy (non-hydrogen) atoms. The van der Waals surface area contributed by atoms with Crippen LogP contribution >= 0.6 is 12.2 Å². The van der Waals surface area contributed by atoms with Gasteiger partial charge >= 0.3 is 0 Å². The molecule has 0 fully saturated rings. The van der Waals surface area contributed by atoms with Gasteiger partial charge in [0.2, 0.25) is 5.70 Å². The molecule has 2 N–H and O–H groups in total. The van der Waals surface area contributed by atoms with Gasteiger partial charge < -0.3 is 15.5 Å². The molecule has 6 heteroatoms. The summed E-state index contributed by atoms with van der Waals surface area (Å²) in [4.78, 5) is 0.240. The van der Waals surface area contributed by atoms with Crippen molar-refractivity contribution in [1.82, 2.24) is 5.32 Å². The number of aliphatic hydroxyl groups is 1. The van der Waals surface area contributed by atoms with Crippen molar-refractivity contribution in [1.29, 1.82) is 0 Å². The molecule has 0 amide bonds. The summed E-state index contributed by atoms with van der Waals surface area (Å²) < 4.78 is 14.6. The number of aromatic nitrogens is 1. The molecule has 1 heterocycles. The molecule has 1 aromatic heterocycles. The van der Waals surface area contributed by atoms with Crippen LogP contribution in [0.3, 0.4) is 0 Å². The minimum atomic E-state index is -0.421. The van der Waals surface area contributed by atoms with E-state index in [0.29, 0.717) is 17.7 Å². The summed E-state index contributed by atoms with van der Waals surface area (Å²) in [5.74, 6) is -0.771. The summed E-state index contributed by atoms with van der Waals surface area (Å²) in [6.07, 6.45) is 4.91. The molecule has 0 atom stereocenters. The van der Waals surface area contributed by atoms with Crippen molar-refractivity contribution in [2.75, 3.05) is 6.54 Å². The van der Waals surface area contributed by atoms with Crippen LogP contribution in [-0.2, 0) is 6.61 Å². The van der Waals surface area contributed by atoms with E-state index in [-0.39, 0.29) is 23.1 Å². The lowest BCUT2D eigenvalue weighted by molar-refractivity contribution is -0.578. The normalized spacial score (nSPS) is 11.6. The zero-order valence-electron chi connectivity index (χ0n) is 12.9. The van der Waals surface area contributed by atoms with Crippen molar-refractivity contribution in [2.45, 2.75) is 6.61 Å². The number of hydrogen-bond donors (Lipinski definition) is 2. The molecule has 2 rings (SSSR count). The maximum atomic E-state index is 13.1. The molecule has 2 aromatic rings. The number of nitrogens with zero attached hydrogens (tertiary/aromatic N) is 1. The average molecular weight is 344 g/mol. The first-order valence-corrected chi connectivity index (χ1v) is 7.65. The summed E-state index contributed by atoms with van der Waals surface area (Å²) >= 11 is 5.33. The topological polar surface area (TPSA) is 59.2 Å². The summed E-state index contributed by atoms with van der Waals surface area (Å²) in [6.45, 7) is 3.85. The lowest BCUT2D eigenvalue weighted by Gasteiger charge is -2.16. The van der Waals surface area contributed by atoms with Crippen molar-refractivity contribution < 1.29 is 19.2 Å². The molecule has 124 valence electrons. The Morgan fingerprint density at radius 2 is 2.04 bits per heavy atom. The molecule has 0 bridgehead atoms. The minimum absolute atomic E-state index is 0.161. The number of halogens is 1. The van der Waals surface area contributed by atoms with Crippen LogP contribution in [0.5, 0.6) is 0 Å². The molecule has 0 saturated heterocycles. The third-order valence-corrected chi connectivity index (χ3v) is 3.58. The second kappa shape index (κ2) is 8.33. The Hall–Kier alpha value is -2.57. The molecule has 0 aliphatic heterocycles. The number of nitrogens with one attached hydrogen (secondary N) is 1. The Bertz CT molecular complexity index is 773. The van der Waals surface area contributed by atoms with E-state index in [2.05, 4.69) is 11.9 Å². The highest BCUT2D eigenvalue weighted by Crippen LogP contribution is 2.15. The Labute approximate surface area is 145 Å². The fourth-order valence-electron chi connectivity index (χ4n) is 2.08. The van der Waals surface area contributed by atoms with E-state index in [1.54, 1.807) is 35.2 Å². The Balaban J connectivity index is 2.56. The number of benzene rings is 1. The summed E-state index contributed by atoms with van der Waals surface area (Å²) in [5.41, 5.74) is 1.17. The Morgan fingerprint density at radius 1 is 1.33 bits per heavy atom. The van der Waals surface area contributed by atoms with Crippen LogP contribution in [-0.4, -0.2) is 16.6 Å². The molecule has 0 aliphatic rings. The van der Waals surface area contributed by atoms with Gasteiger partial charge in [-0.1, -0.05) is 30.4 Å². The summed E-state index contributed by atoms with van der Waals surface area (Å²) in [6, 6.07) is 8.70. The first-order chi connectivity index (χ1) is 11.6. The van der Waals surface area contributed by atoms with Crippen molar-refractivity contribution >= 4 is 28.7 Å². The number of pyridine rings is 1. The van der Waals surface area contributed by atoms with Gasteiger partial charge in [-0.2, -0.15) is 4.57 Å². The van der Waals surface area contributed by atoms with E-state index in [0.717, 1.165) is 0 Å². The highest BCUT2D eigenvalue weighted by atomic mass is 32.1. The van der Waals surface area contributed by atoms with E-state index < -0.39 is 5.82 Å². The largest absolute Gasteiger partial charge is 0.867 e. The quantitative estimate of drug-likeness (QED) is 0.273. The molecule has 0 aliphatic carbocycles. The van der Waals surface area contributed by atoms with Crippen molar-refractivity contribution in [3.05, 3.63) is 78.4 Å². The van der Waals surface area contributed by atoms with Gasteiger partial charge in [0.05, 0.1) is 6.61 Å². The molecular formula is C18H17FN2O2S. The summed E-state index contributed by atoms with van der Waals surface area (Å²) in [5, 5.41) is 25.1. The van der Waals surface area contributed by atoms with E-state index in [9.17, 15) is 14.6 Å². The minimum Gasteiger partial charge on any atom is -0.867 e. The van der Waals surface area contributed by atoms with Crippen LogP contribution in [0.4, 0.5) is 4.39 Å². The average Bonchev–Trinajstić information content (AvgIpc) is 2.60. The number of aliphatic hydroxyl groups excluding tert-OH is 1. The van der Waals surface area contributed by atoms with E-state index in [1.807, 2.05) is 0 Å². The molecule has 1 aromatic carbocycles. The second-order valence-corrected chi connectivity index (χ2v) is 5.37. The monoisotopic (exact) mass is 344 g/mol. The maximum Gasteiger partial charge on any atom is 0.237 e. The van der Waals surface area contributed by atoms with Gasteiger partial charge in [0.1, 0.15) is 5.82 Å². The zero-order chi connectivity index (χ0) is 17.5. The second-order valence-electron chi connectivity index (χ2n) is 4.96.